The lowest BCUT2D eigenvalue weighted by Crippen LogP contribution is -2.35. The largest absolute Gasteiger partial charge is 0.467 e. The molecule has 6 rings (SSSR count). The Kier molecular flexibility index (Phi) is 10.1. The van der Waals surface area contributed by atoms with E-state index in [-0.39, 0.29) is 18.2 Å². The summed E-state index contributed by atoms with van der Waals surface area (Å²) in [5.41, 5.74) is 10.3. The van der Waals surface area contributed by atoms with Gasteiger partial charge in [0.2, 0.25) is 0 Å². The number of nitrogens with zero attached hydrogens (tertiary/aromatic N) is 5. The summed E-state index contributed by atoms with van der Waals surface area (Å²) in [6.45, 7) is 11.7. The molecule has 1 aliphatic carbocycles. The number of carbonyl (C=O) groups excluding carboxylic acids is 1. The maximum absolute atomic E-state index is 13.7. The lowest BCUT2D eigenvalue weighted by molar-refractivity contribution is 0.0752. The summed E-state index contributed by atoms with van der Waals surface area (Å²) >= 11 is 0. The minimum atomic E-state index is -2.34. The Morgan fingerprint density at radius 1 is 1.19 bits per heavy atom. The number of aromatic nitrogens is 2. The molecule has 2 N–H and O–H groups in total. The highest BCUT2D eigenvalue weighted by Gasteiger charge is 2.56. The van der Waals surface area contributed by atoms with Crippen molar-refractivity contribution in [3.8, 4) is 6.01 Å². The number of ether oxygens (including phenoxy) is 1. The van der Waals surface area contributed by atoms with Crippen molar-refractivity contribution in [2.45, 2.75) is 66.0 Å². The van der Waals surface area contributed by atoms with Crippen LogP contribution in [0.1, 0.15) is 67.2 Å². The lowest BCUT2D eigenvalue weighted by Gasteiger charge is -2.33. The SMILES string of the molecule is CC.CN(C)CC1CC1(F)F.COc1nc2c(c(N3CCCC(C)C3)n1)CN(C(=O)c1cc(N)cc3cccc(C)c13)C2. The zero-order chi connectivity index (χ0) is 31.5. The molecule has 0 radical (unpaired) electrons. The second kappa shape index (κ2) is 13.4. The van der Waals surface area contributed by atoms with E-state index in [9.17, 15) is 13.6 Å². The van der Waals surface area contributed by atoms with E-state index >= 15 is 0 Å². The van der Waals surface area contributed by atoms with Gasteiger partial charge in [0.1, 0.15) is 5.82 Å². The van der Waals surface area contributed by atoms with Crippen molar-refractivity contribution in [1.82, 2.24) is 19.8 Å². The van der Waals surface area contributed by atoms with Crippen molar-refractivity contribution >= 4 is 28.2 Å². The molecular formula is C33H46F2N6O2. The van der Waals surface area contributed by atoms with E-state index in [0.717, 1.165) is 52.9 Å². The highest BCUT2D eigenvalue weighted by atomic mass is 19.3. The van der Waals surface area contributed by atoms with E-state index in [1.165, 1.54) is 6.42 Å². The summed E-state index contributed by atoms with van der Waals surface area (Å²) in [5.74, 6) is -1.23. The highest BCUT2D eigenvalue weighted by Crippen LogP contribution is 2.48. The van der Waals surface area contributed by atoms with Gasteiger partial charge in [0.15, 0.2) is 0 Å². The van der Waals surface area contributed by atoms with Crippen molar-refractivity contribution in [2.75, 3.05) is 51.5 Å². The predicted octanol–water partition coefficient (Wildman–Crippen LogP) is 6.15. The number of nitrogens with two attached hydrogens (primary N) is 1. The molecule has 0 spiro atoms. The number of anilines is 2. The molecule has 1 amide bonds. The number of aryl methyl sites for hydroxylation is 1. The van der Waals surface area contributed by atoms with Crippen LogP contribution in [0.5, 0.6) is 6.01 Å². The van der Waals surface area contributed by atoms with E-state index in [0.29, 0.717) is 42.8 Å². The van der Waals surface area contributed by atoms with Gasteiger partial charge in [-0.3, -0.25) is 4.79 Å². The van der Waals surface area contributed by atoms with Crippen molar-refractivity contribution in [1.29, 1.82) is 0 Å². The van der Waals surface area contributed by atoms with E-state index in [4.69, 9.17) is 15.5 Å². The number of hydrogen-bond donors (Lipinski definition) is 1. The van der Waals surface area contributed by atoms with Crippen LogP contribution >= 0.6 is 0 Å². The van der Waals surface area contributed by atoms with Gasteiger partial charge in [0.05, 0.1) is 25.9 Å². The number of hydrogen-bond acceptors (Lipinski definition) is 7. The summed E-state index contributed by atoms with van der Waals surface area (Å²) < 4.78 is 29.7. The number of rotatable bonds is 5. The Balaban J connectivity index is 0.000000328. The Morgan fingerprint density at radius 2 is 1.91 bits per heavy atom. The summed E-state index contributed by atoms with van der Waals surface area (Å²) in [4.78, 5) is 29.0. The average Bonchev–Trinajstić information content (AvgIpc) is 3.35. The number of piperidine rings is 1. The van der Waals surface area contributed by atoms with Gasteiger partial charge in [0, 0.05) is 48.8 Å². The summed E-state index contributed by atoms with van der Waals surface area (Å²) in [6.07, 6.45) is 2.46. The first-order valence-corrected chi connectivity index (χ1v) is 15.3. The molecule has 1 saturated carbocycles. The zero-order valence-electron chi connectivity index (χ0n) is 26.6. The first kappa shape index (κ1) is 32.4. The molecule has 234 valence electrons. The first-order valence-electron chi connectivity index (χ1n) is 15.3. The fraction of sp³-hybridized carbons (Fsp3) is 0.545. The molecule has 0 bridgehead atoms. The average molecular weight is 597 g/mol. The molecule has 3 aromatic rings. The molecule has 8 nitrogen and oxygen atoms in total. The minimum Gasteiger partial charge on any atom is -0.467 e. The molecule has 2 atom stereocenters. The predicted molar refractivity (Wildman–Crippen MR) is 169 cm³/mol. The lowest BCUT2D eigenvalue weighted by atomic mass is 9.98. The molecule has 2 fully saturated rings. The fourth-order valence-electron chi connectivity index (χ4n) is 5.98. The summed E-state index contributed by atoms with van der Waals surface area (Å²) in [7, 11) is 5.21. The third-order valence-corrected chi connectivity index (χ3v) is 8.15. The van der Waals surface area contributed by atoms with Gasteiger partial charge in [-0.15, -0.1) is 0 Å². The van der Waals surface area contributed by atoms with E-state index < -0.39 is 5.92 Å². The Labute approximate surface area is 254 Å². The number of fused-ring (bicyclic) bond motifs is 2. The van der Waals surface area contributed by atoms with Gasteiger partial charge in [-0.1, -0.05) is 39.0 Å². The minimum absolute atomic E-state index is 0.0356. The van der Waals surface area contributed by atoms with Crippen molar-refractivity contribution in [3.05, 3.63) is 52.7 Å². The van der Waals surface area contributed by atoms with Crippen LogP contribution in [0.15, 0.2) is 30.3 Å². The van der Waals surface area contributed by atoms with Crippen LogP contribution in [-0.2, 0) is 13.1 Å². The van der Waals surface area contributed by atoms with Crippen LogP contribution in [0.4, 0.5) is 20.3 Å². The standard InChI is InChI=1S/C25H29N5O2.C6H11F2N.C2H6/c1-15-6-5-9-29(12-15)23-20-13-30(14-21(20)27-25(28-23)32-3)24(31)19-11-18(26)10-17-8-4-7-16(2)22(17)19;1-9(2)4-5-3-6(5,7)8;1-2/h4,7-8,10-11,15H,5-6,9,12-14,26H2,1-3H3;5H,3-4H2,1-2H3;1-2H3. The maximum atomic E-state index is 13.7. The molecule has 1 saturated heterocycles. The maximum Gasteiger partial charge on any atom is 0.318 e. The third-order valence-electron chi connectivity index (χ3n) is 8.15. The van der Waals surface area contributed by atoms with Gasteiger partial charge in [0.25, 0.3) is 11.8 Å². The van der Waals surface area contributed by atoms with Crippen LogP contribution in [0, 0.1) is 18.8 Å². The molecule has 2 unspecified atom stereocenters. The second-order valence-corrected chi connectivity index (χ2v) is 12.0. The van der Waals surface area contributed by atoms with Crippen LogP contribution in [0.3, 0.4) is 0 Å². The number of carbonyl (C=O) groups is 1. The zero-order valence-corrected chi connectivity index (χ0v) is 26.6. The molecule has 2 aromatic carbocycles. The van der Waals surface area contributed by atoms with Crippen LogP contribution in [0.25, 0.3) is 10.8 Å². The molecule has 3 heterocycles. The van der Waals surface area contributed by atoms with Crippen molar-refractivity contribution in [2.24, 2.45) is 11.8 Å². The van der Waals surface area contributed by atoms with Gasteiger partial charge in [-0.05, 0) is 68.2 Å². The van der Waals surface area contributed by atoms with E-state index in [1.807, 2.05) is 64.0 Å². The monoisotopic (exact) mass is 596 g/mol. The number of amides is 1. The number of benzene rings is 2. The third kappa shape index (κ3) is 7.34. The Hall–Kier alpha value is -3.53. The number of nitrogen functional groups attached to an aromatic ring is 1. The molecular weight excluding hydrogens is 550 g/mol. The van der Waals surface area contributed by atoms with Crippen molar-refractivity contribution in [3.63, 3.8) is 0 Å². The first-order chi connectivity index (χ1) is 20.5. The Morgan fingerprint density at radius 3 is 2.51 bits per heavy atom. The second-order valence-electron chi connectivity index (χ2n) is 12.0. The van der Waals surface area contributed by atoms with Crippen LogP contribution in [-0.4, -0.2) is 72.4 Å². The fourth-order valence-corrected chi connectivity index (χ4v) is 5.98. The summed E-state index contributed by atoms with van der Waals surface area (Å²) in [5, 5.41) is 1.94. The van der Waals surface area contributed by atoms with E-state index in [1.54, 1.807) is 18.1 Å². The number of alkyl halides is 2. The van der Waals surface area contributed by atoms with Gasteiger partial charge >= 0.3 is 6.01 Å². The molecule has 43 heavy (non-hydrogen) atoms. The van der Waals surface area contributed by atoms with Gasteiger partial charge in [-0.25, -0.2) is 8.78 Å². The molecule has 1 aromatic heterocycles. The van der Waals surface area contributed by atoms with E-state index in [2.05, 4.69) is 16.8 Å². The summed E-state index contributed by atoms with van der Waals surface area (Å²) in [6, 6.07) is 10.1. The van der Waals surface area contributed by atoms with Crippen molar-refractivity contribution < 1.29 is 18.3 Å². The molecule has 10 heteroatoms. The smallest absolute Gasteiger partial charge is 0.318 e. The highest BCUT2D eigenvalue weighted by molar-refractivity contribution is 6.09. The topological polar surface area (TPSA) is 87.8 Å². The van der Waals surface area contributed by atoms with Crippen LogP contribution < -0.4 is 15.4 Å². The number of methoxy groups -OCH3 is 1. The normalized spacial score (nSPS) is 20.1. The number of halogens is 2. The van der Waals surface area contributed by atoms with Gasteiger partial charge < -0.3 is 25.2 Å². The molecule has 3 aliphatic rings. The quantitative estimate of drug-likeness (QED) is 0.354. The molecule has 2 aliphatic heterocycles. The Bertz CT molecular complexity index is 1450. The van der Waals surface area contributed by atoms with Gasteiger partial charge in [-0.2, -0.15) is 9.97 Å². The van der Waals surface area contributed by atoms with Crippen LogP contribution in [0.2, 0.25) is 0 Å².